The molecule has 1 nitrogen and oxygen atoms in total. The lowest BCUT2D eigenvalue weighted by Crippen LogP contribution is -2.30. The molecule has 0 aliphatic heterocycles. The molecule has 0 aliphatic rings. The fourth-order valence-corrected chi connectivity index (χ4v) is 2.10. The topological polar surface area (TPSA) is 12.0 Å². The van der Waals surface area contributed by atoms with Gasteiger partial charge >= 0.3 is 0 Å². The van der Waals surface area contributed by atoms with Gasteiger partial charge in [-0.2, -0.15) is 0 Å². The molecule has 1 atom stereocenters. The molecule has 0 bridgehead atoms. The Bertz CT molecular complexity index is 129. The van der Waals surface area contributed by atoms with Crippen molar-refractivity contribution >= 4 is 0 Å². The first-order valence-corrected chi connectivity index (χ1v) is 6.79. The first-order chi connectivity index (χ1) is 7.06. The van der Waals surface area contributed by atoms with Gasteiger partial charge in [-0.1, -0.05) is 53.9 Å². The normalized spacial score (nSPS) is 13.8. The molecule has 0 radical (unpaired) electrons. The predicted octanol–water partition coefficient (Wildman–Crippen LogP) is 4.23. The first kappa shape index (κ1) is 15.0. The van der Waals surface area contributed by atoms with Crippen LogP contribution in [0.4, 0.5) is 0 Å². The van der Waals surface area contributed by atoms with Crippen molar-refractivity contribution in [2.45, 2.75) is 72.8 Å². The van der Waals surface area contributed by atoms with Gasteiger partial charge in [0.25, 0.3) is 0 Å². The summed E-state index contributed by atoms with van der Waals surface area (Å²) in [5, 5.41) is 3.60. The Balaban J connectivity index is 3.56. The van der Waals surface area contributed by atoms with E-state index in [2.05, 4.69) is 39.9 Å². The highest BCUT2D eigenvalue weighted by Gasteiger charge is 2.08. The van der Waals surface area contributed by atoms with Crippen molar-refractivity contribution in [3.05, 3.63) is 0 Å². The monoisotopic (exact) mass is 213 g/mol. The average Bonchev–Trinajstić information content (AvgIpc) is 2.11. The lowest BCUT2D eigenvalue weighted by molar-refractivity contribution is 0.386. The molecule has 0 fully saturated rings. The molecule has 15 heavy (non-hydrogen) atoms. The lowest BCUT2D eigenvalue weighted by atomic mass is 9.97. The Hall–Kier alpha value is -0.0400. The van der Waals surface area contributed by atoms with Gasteiger partial charge in [0.15, 0.2) is 0 Å². The molecule has 0 rings (SSSR count). The van der Waals surface area contributed by atoms with Crippen LogP contribution in [-0.2, 0) is 0 Å². The summed E-state index contributed by atoms with van der Waals surface area (Å²) in [4.78, 5) is 0. The van der Waals surface area contributed by atoms with E-state index < -0.39 is 0 Å². The summed E-state index contributed by atoms with van der Waals surface area (Å²) in [6.45, 7) is 12.6. The molecule has 0 spiro atoms. The van der Waals surface area contributed by atoms with E-state index in [9.17, 15) is 0 Å². The van der Waals surface area contributed by atoms with Crippen LogP contribution in [0.3, 0.4) is 0 Å². The third-order valence-corrected chi connectivity index (χ3v) is 2.83. The standard InChI is InChI=1S/C14H31N/c1-6-15-14(11-13(4)5)10-8-7-9-12(2)3/h12-15H,6-11H2,1-5H3. The molecule has 0 saturated carbocycles. The highest BCUT2D eigenvalue weighted by atomic mass is 14.9. The minimum atomic E-state index is 0.752. The van der Waals surface area contributed by atoms with Gasteiger partial charge in [-0.05, 0) is 31.2 Å². The average molecular weight is 213 g/mol. The van der Waals surface area contributed by atoms with Crippen molar-refractivity contribution in [1.82, 2.24) is 5.32 Å². The zero-order valence-corrected chi connectivity index (χ0v) is 11.5. The zero-order valence-electron chi connectivity index (χ0n) is 11.5. The van der Waals surface area contributed by atoms with E-state index >= 15 is 0 Å². The second kappa shape index (κ2) is 9.21. The maximum Gasteiger partial charge on any atom is 0.00693 e. The van der Waals surface area contributed by atoms with Gasteiger partial charge in [0.2, 0.25) is 0 Å². The SMILES string of the molecule is CCNC(CCCCC(C)C)CC(C)C. The van der Waals surface area contributed by atoms with E-state index in [0.717, 1.165) is 24.4 Å². The number of rotatable bonds is 9. The molecule has 0 heterocycles. The van der Waals surface area contributed by atoms with Crippen LogP contribution >= 0.6 is 0 Å². The van der Waals surface area contributed by atoms with E-state index in [1.165, 1.54) is 32.1 Å². The van der Waals surface area contributed by atoms with E-state index in [0.29, 0.717) is 0 Å². The predicted molar refractivity (Wildman–Crippen MR) is 70.2 cm³/mol. The van der Waals surface area contributed by atoms with Crippen LogP contribution in [0, 0.1) is 11.8 Å². The molecule has 0 aromatic carbocycles. The second-order valence-corrected chi connectivity index (χ2v) is 5.56. The van der Waals surface area contributed by atoms with Gasteiger partial charge in [-0.15, -0.1) is 0 Å². The van der Waals surface area contributed by atoms with Crippen molar-refractivity contribution in [3.63, 3.8) is 0 Å². The Labute approximate surface area is 97.0 Å². The van der Waals surface area contributed by atoms with Crippen LogP contribution < -0.4 is 5.32 Å². The van der Waals surface area contributed by atoms with Crippen LogP contribution in [0.5, 0.6) is 0 Å². The molecule has 0 aromatic heterocycles. The summed E-state index contributed by atoms with van der Waals surface area (Å²) < 4.78 is 0. The maximum absolute atomic E-state index is 3.60. The smallest absolute Gasteiger partial charge is 0.00693 e. The van der Waals surface area contributed by atoms with E-state index in [4.69, 9.17) is 0 Å². The Morgan fingerprint density at radius 2 is 1.47 bits per heavy atom. The summed E-state index contributed by atoms with van der Waals surface area (Å²) in [6, 6.07) is 0.752. The summed E-state index contributed by atoms with van der Waals surface area (Å²) in [7, 11) is 0. The molecule has 0 aromatic rings. The van der Waals surface area contributed by atoms with Crippen molar-refractivity contribution < 1.29 is 0 Å². The molecule has 1 unspecified atom stereocenters. The van der Waals surface area contributed by atoms with Gasteiger partial charge in [0, 0.05) is 6.04 Å². The van der Waals surface area contributed by atoms with E-state index in [-0.39, 0.29) is 0 Å². The minimum Gasteiger partial charge on any atom is -0.314 e. The van der Waals surface area contributed by atoms with Crippen LogP contribution in [0.25, 0.3) is 0 Å². The fourth-order valence-electron chi connectivity index (χ4n) is 2.10. The number of unbranched alkanes of at least 4 members (excludes halogenated alkanes) is 1. The highest BCUT2D eigenvalue weighted by molar-refractivity contribution is 4.68. The van der Waals surface area contributed by atoms with Crippen molar-refractivity contribution in [3.8, 4) is 0 Å². The molecular formula is C14H31N. The largest absolute Gasteiger partial charge is 0.314 e. The van der Waals surface area contributed by atoms with Crippen molar-refractivity contribution in [2.24, 2.45) is 11.8 Å². The minimum absolute atomic E-state index is 0.752. The summed E-state index contributed by atoms with van der Waals surface area (Å²) in [5.41, 5.74) is 0. The van der Waals surface area contributed by atoms with Crippen LogP contribution in [0.15, 0.2) is 0 Å². The van der Waals surface area contributed by atoms with Crippen molar-refractivity contribution in [2.75, 3.05) is 6.54 Å². The van der Waals surface area contributed by atoms with E-state index in [1.54, 1.807) is 0 Å². The first-order valence-electron chi connectivity index (χ1n) is 6.79. The summed E-state index contributed by atoms with van der Waals surface area (Å²) >= 11 is 0. The number of hydrogen-bond donors (Lipinski definition) is 1. The van der Waals surface area contributed by atoms with Crippen molar-refractivity contribution in [1.29, 1.82) is 0 Å². The molecule has 0 amide bonds. The number of nitrogens with one attached hydrogen (secondary N) is 1. The van der Waals surface area contributed by atoms with Gasteiger partial charge in [-0.25, -0.2) is 0 Å². The van der Waals surface area contributed by atoms with Crippen LogP contribution in [0.2, 0.25) is 0 Å². The van der Waals surface area contributed by atoms with Crippen LogP contribution in [0.1, 0.15) is 66.7 Å². The molecule has 1 N–H and O–H groups in total. The van der Waals surface area contributed by atoms with Gasteiger partial charge in [-0.3, -0.25) is 0 Å². The maximum atomic E-state index is 3.60. The molecule has 0 saturated heterocycles. The third-order valence-electron chi connectivity index (χ3n) is 2.83. The third kappa shape index (κ3) is 10.2. The summed E-state index contributed by atoms with van der Waals surface area (Å²) in [5.74, 6) is 1.69. The molecule has 0 aliphatic carbocycles. The second-order valence-electron chi connectivity index (χ2n) is 5.56. The Morgan fingerprint density at radius 3 is 1.93 bits per heavy atom. The van der Waals surface area contributed by atoms with Crippen LogP contribution in [-0.4, -0.2) is 12.6 Å². The molecule has 92 valence electrons. The van der Waals surface area contributed by atoms with Gasteiger partial charge in [0.1, 0.15) is 0 Å². The summed E-state index contributed by atoms with van der Waals surface area (Å²) in [6.07, 6.45) is 6.87. The highest BCUT2D eigenvalue weighted by Crippen LogP contribution is 2.14. The molecular weight excluding hydrogens is 182 g/mol. The van der Waals surface area contributed by atoms with Gasteiger partial charge < -0.3 is 5.32 Å². The quantitative estimate of drug-likeness (QED) is 0.565. The Morgan fingerprint density at radius 1 is 0.867 bits per heavy atom. The lowest BCUT2D eigenvalue weighted by Gasteiger charge is -2.20. The zero-order chi connectivity index (χ0) is 11.7. The molecule has 1 heteroatoms. The number of hydrogen-bond acceptors (Lipinski definition) is 1. The van der Waals surface area contributed by atoms with E-state index in [1.807, 2.05) is 0 Å². The Kier molecular flexibility index (Phi) is 9.18. The van der Waals surface area contributed by atoms with Gasteiger partial charge in [0.05, 0.1) is 0 Å². The fraction of sp³-hybridized carbons (Fsp3) is 1.00.